The van der Waals surface area contributed by atoms with Gasteiger partial charge in [0.25, 0.3) is 5.91 Å². The molecule has 0 aliphatic heterocycles. The highest BCUT2D eigenvalue weighted by atomic mass is 16.3. The highest BCUT2D eigenvalue weighted by Gasteiger charge is 2.16. The van der Waals surface area contributed by atoms with Crippen LogP contribution in [0, 0.1) is 0 Å². The molecule has 0 radical (unpaired) electrons. The molecule has 0 spiro atoms. The van der Waals surface area contributed by atoms with Crippen molar-refractivity contribution in [3.63, 3.8) is 0 Å². The van der Waals surface area contributed by atoms with Crippen molar-refractivity contribution in [2.75, 3.05) is 26.0 Å². The zero-order chi connectivity index (χ0) is 12.1. The number of carbonyl (C=O) groups excluding carboxylic acids is 1. The molecule has 1 heterocycles. The van der Waals surface area contributed by atoms with E-state index < -0.39 is 0 Å². The van der Waals surface area contributed by atoms with Gasteiger partial charge in [0.1, 0.15) is 5.82 Å². The number of pyridine rings is 1. The lowest BCUT2D eigenvalue weighted by molar-refractivity contribution is 0.0682. The van der Waals surface area contributed by atoms with Gasteiger partial charge in [-0.3, -0.25) is 4.79 Å². The van der Waals surface area contributed by atoms with Crippen molar-refractivity contribution < 1.29 is 9.90 Å². The molecule has 1 aromatic rings. The molecule has 5 heteroatoms. The fourth-order valence-corrected chi connectivity index (χ4v) is 1.19. The van der Waals surface area contributed by atoms with Crippen molar-refractivity contribution in [1.29, 1.82) is 0 Å². The third-order valence-electron chi connectivity index (χ3n) is 2.51. The van der Waals surface area contributed by atoms with E-state index in [9.17, 15) is 4.79 Å². The molecule has 0 aliphatic carbocycles. The van der Waals surface area contributed by atoms with Crippen LogP contribution < -0.4 is 5.32 Å². The first-order chi connectivity index (χ1) is 7.60. The molecule has 1 amide bonds. The van der Waals surface area contributed by atoms with Crippen molar-refractivity contribution in [2.45, 2.75) is 13.0 Å². The second kappa shape index (κ2) is 5.46. The van der Waals surface area contributed by atoms with Crippen molar-refractivity contribution in [3.8, 4) is 0 Å². The monoisotopic (exact) mass is 223 g/mol. The first kappa shape index (κ1) is 12.4. The van der Waals surface area contributed by atoms with Crippen LogP contribution in [-0.2, 0) is 0 Å². The molecule has 1 atom stereocenters. The summed E-state index contributed by atoms with van der Waals surface area (Å²) < 4.78 is 0. The van der Waals surface area contributed by atoms with E-state index in [1.807, 2.05) is 0 Å². The minimum atomic E-state index is -0.198. The van der Waals surface area contributed by atoms with Crippen molar-refractivity contribution in [1.82, 2.24) is 9.88 Å². The second-order valence-corrected chi connectivity index (χ2v) is 3.63. The van der Waals surface area contributed by atoms with Gasteiger partial charge >= 0.3 is 0 Å². The molecule has 1 aromatic heterocycles. The fraction of sp³-hybridized carbons (Fsp3) is 0.455. The zero-order valence-corrected chi connectivity index (χ0v) is 9.77. The molecular formula is C11H17N3O2. The van der Waals surface area contributed by atoms with Crippen LogP contribution in [0.5, 0.6) is 0 Å². The van der Waals surface area contributed by atoms with E-state index in [1.54, 1.807) is 33.2 Å². The van der Waals surface area contributed by atoms with E-state index in [0.29, 0.717) is 5.56 Å². The Morgan fingerprint density at radius 2 is 2.31 bits per heavy atom. The Labute approximate surface area is 95.1 Å². The third kappa shape index (κ3) is 2.70. The van der Waals surface area contributed by atoms with Crippen LogP contribution in [-0.4, -0.2) is 47.6 Å². The Hall–Kier alpha value is -1.62. The lowest BCUT2D eigenvalue weighted by Gasteiger charge is -2.23. The summed E-state index contributed by atoms with van der Waals surface area (Å²) >= 11 is 0. The summed E-state index contributed by atoms with van der Waals surface area (Å²) in [6, 6.07) is 3.25. The van der Waals surface area contributed by atoms with Crippen LogP contribution in [0.25, 0.3) is 0 Å². The largest absolute Gasteiger partial charge is 0.394 e. The molecule has 0 aliphatic rings. The highest BCUT2D eigenvalue weighted by Crippen LogP contribution is 2.08. The maximum atomic E-state index is 11.9. The van der Waals surface area contributed by atoms with Crippen LogP contribution in [0.15, 0.2) is 18.3 Å². The number of anilines is 1. The number of aromatic nitrogens is 1. The van der Waals surface area contributed by atoms with Crippen molar-refractivity contribution >= 4 is 11.7 Å². The Morgan fingerprint density at radius 1 is 1.62 bits per heavy atom. The molecule has 5 nitrogen and oxygen atoms in total. The normalized spacial score (nSPS) is 12.0. The highest BCUT2D eigenvalue weighted by molar-refractivity contribution is 5.94. The number of rotatable bonds is 4. The predicted octanol–water partition coefficient (Wildman–Crippen LogP) is 0.576. The lowest BCUT2D eigenvalue weighted by atomic mass is 10.2. The molecule has 2 N–H and O–H groups in total. The molecule has 0 saturated heterocycles. The van der Waals surface area contributed by atoms with Gasteiger partial charge in [-0.15, -0.1) is 0 Å². The molecule has 16 heavy (non-hydrogen) atoms. The molecule has 0 aromatic carbocycles. The molecule has 1 rings (SSSR count). The molecular weight excluding hydrogens is 206 g/mol. The van der Waals surface area contributed by atoms with E-state index >= 15 is 0 Å². The summed E-state index contributed by atoms with van der Waals surface area (Å²) in [7, 11) is 3.43. The van der Waals surface area contributed by atoms with Crippen LogP contribution >= 0.6 is 0 Å². The Balaban J connectivity index is 2.80. The number of nitrogens with zero attached hydrogens (tertiary/aromatic N) is 2. The number of nitrogens with one attached hydrogen (secondary N) is 1. The van der Waals surface area contributed by atoms with E-state index in [1.165, 1.54) is 11.1 Å². The minimum Gasteiger partial charge on any atom is -0.394 e. The summed E-state index contributed by atoms with van der Waals surface area (Å²) in [6.45, 7) is 1.73. The Bertz CT molecular complexity index is 351. The van der Waals surface area contributed by atoms with Gasteiger partial charge in [-0.25, -0.2) is 4.98 Å². The molecule has 0 fully saturated rings. The summed E-state index contributed by atoms with van der Waals surface area (Å²) in [5.74, 6) is 0.575. The summed E-state index contributed by atoms with van der Waals surface area (Å²) in [5.41, 5.74) is 0.516. The van der Waals surface area contributed by atoms with Crippen molar-refractivity contribution in [2.24, 2.45) is 0 Å². The first-order valence-electron chi connectivity index (χ1n) is 5.12. The predicted molar refractivity (Wildman–Crippen MR) is 62.4 cm³/mol. The Kier molecular flexibility index (Phi) is 4.25. The summed E-state index contributed by atoms with van der Waals surface area (Å²) in [4.78, 5) is 17.5. The van der Waals surface area contributed by atoms with Gasteiger partial charge in [0, 0.05) is 20.3 Å². The van der Waals surface area contributed by atoms with Crippen LogP contribution in [0.1, 0.15) is 17.3 Å². The number of likely N-dealkylation sites (N-methyl/N-ethyl adjacent to an activating group) is 1. The average Bonchev–Trinajstić information content (AvgIpc) is 2.36. The second-order valence-electron chi connectivity index (χ2n) is 3.63. The topological polar surface area (TPSA) is 65.5 Å². The van der Waals surface area contributed by atoms with Gasteiger partial charge in [-0.05, 0) is 19.1 Å². The maximum absolute atomic E-state index is 11.9. The van der Waals surface area contributed by atoms with Gasteiger partial charge in [0.2, 0.25) is 0 Å². The fourth-order valence-electron chi connectivity index (χ4n) is 1.19. The summed E-state index contributed by atoms with van der Waals surface area (Å²) in [5, 5.41) is 11.8. The van der Waals surface area contributed by atoms with Crippen LogP contribution in [0.2, 0.25) is 0 Å². The lowest BCUT2D eigenvalue weighted by Crippen LogP contribution is -2.37. The molecule has 0 bridgehead atoms. The van der Waals surface area contributed by atoms with Crippen molar-refractivity contribution in [3.05, 3.63) is 23.9 Å². The molecule has 0 saturated carbocycles. The quantitative estimate of drug-likeness (QED) is 0.783. The zero-order valence-electron chi connectivity index (χ0n) is 9.77. The van der Waals surface area contributed by atoms with Gasteiger partial charge in [-0.2, -0.15) is 0 Å². The molecule has 1 unspecified atom stereocenters. The van der Waals surface area contributed by atoms with Crippen LogP contribution in [0.3, 0.4) is 0 Å². The molecule has 88 valence electrons. The average molecular weight is 223 g/mol. The van der Waals surface area contributed by atoms with Gasteiger partial charge in [-0.1, -0.05) is 0 Å². The number of amides is 1. The van der Waals surface area contributed by atoms with Crippen LogP contribution in [0.4, 0.5) is 5.82 Å². The first-order valence-corrected chi connectivity index (χ1v) is 5.12. The van der Waals surface area contributed by atoms with E-state index in [2.05, 4.69) is 10.3 Å². The van der Waals surface area contributed by atoms with Gasteiger partial charge in [0.05, 0.1) is 18.2 Å². The number of hydrogen-bond donors (Lipinski definition) is 2. The maximum Gasteiger partial charge on any atom is 0.255 e. The third-order valence-corrected chi connectivity index (χ3v) is 2.51. The smallest absolute Gasteiger partial charge is 0.255 e. The van der Waals surface area contributed by atoms with Gasteiger partial charge < -0.3 is 15.3 Å². The number of aliphatic hydroxyl groups excluding tert-OH is 1. The number of aliphatic hydroxyl groups is 1. The minimum absolute atomic E-state index is 0.0513. The van der Waals surface area contributed by atoms with E-state index in [-0.39, 0.29) is 18.6 Å². The Morgan fingerprint density at radius 3 is 2.75 bits per heavy atom. The SMILES string of the molecule is CNc1ccc(C(=O)N(C)C(C)CO)cn1. The number of hydrogen-bond acceptors (Lipinski definition) is 4. The van der Waals surface area contributed by atoms with E-state index in [0.717, 1.165) is 5.82 Å². The number of carbonyl (C=O) groups is 1. The van der Waals surface area contributed by atoms with E-state index in [4.69, 9.17) is 5.11 Å². The summed E-state index contributed by atoms with van der Waals surface area (Å²) in [6.07, 6.45) is 1.52. The van der Waals surface area contributed by atoms with Gasteiger partial charge in [0.15, 0.2) is 0 Å². The standard InChI is InChI=1S/C11H17N3O2/c1-8(7-15)14(3)11(16)9-4-5-10(12-2)13-6-9/h4-6,8,15H,7H2,1-3H3,(H,12,13).